The van der Waals surface area contributed by atoms with Crippen LogP contribution in [0.3, 0.4) is 0 Å². The third kappa shape index (κ3) is 4.68. The maximum Gasteiger partial charge on any atom is 0.307 e. The molecule has 0 radical (unpaired) electrons. The summed E-state index contributed by atoms with van der Waals surface area (Å²) in [6.45, 7) is 3.72. The molecule has 19 heavy (non-hydrogen) atoms. The molecule has 0 aliphatic carbocycles. The first-order valence-corrected chi connectivity index (χ1v) is 7.55. The Balaban J connectivity index is 2.71. The molecule has 0 fully saturated rings. The number of hydrogen-bond acceptors (Lipinski definition) is 3. The van der Waals surface area contributed by atoms with Gasteiger partial charge in [-0.05, 0) is 18.4 Å². The topological polar surface area (TPSA) is 88.4 Å². The lowest BCUT2D eigenvalue weighted by Crippen LogP contribution is -2.33. The molecule has 1 unspecified atom stereocenters. The van der Waals surface area contributed by atoms with Gasteiger partial charge in [-0.1, -0.05) is 13.8 Å². The molecule has 0 aliphatic rings. The maximum absolute atomic E-state index is 11.9. The summed E-state index contributed by atoms with van der Waals surface area (Å²) in [6, 6.07) is 1.47. The number of nitrogens with zero attached hydrogens (tertiary/aromatic N) is 1. The van der Waals surface area contributed by atoms with Crippen LogP contribution in [0.2, 0.25) is 0 Å². The fourth-order valence-electron chi connectivity index (χ4n) is 1.77. The van der Waals surface area contributed by atoms with Crippen LogP contribution in [-0.2, 0) is 21.9 Å². The van der Waals surface area contributed by atoms with Gasteiger partial charge < -0.3 is 9.67 Å². The lowest BCUT2D eigenvalue weighted by atomic mass is 9.98. The third-order valence-electron chi connectivity index (χ3n) is 2.74. The van der Waals surface area contributed by atoms with E-state index < -0.39 is 21.9 Å². The zero-order chi connectivity index (χ0) is 14.6. The predicted octanol–water partition coefficient (Wildman–Crippen LogP) is 1.05. The van der Waals surface area contributed by atoms with E-state index in [1.165, 1.54) is 12.3 Å². The van der Waals surface area contributed by atoms with Crippen LogP contribution in [-0.4, -0.2) is 30.6 Å². The van der Waals surface area contributed by atoms with Crippen molar-refractivity contribution in [2.75, 3.05) is 6.54 Å². The highest BCUT2D eigenvalue weighted by Gasteiger charge is 2.22. The van der Waals surface area contributed by atoms with E-state index in [9.17, 15) is 13.2 Å². The minimum Gasteiger partial charge on any atom is -0.481 e. The Morgan fingerprint density at radius 3 is 2.53 bits per heavy atom. The van der Waals surface area contributed by atoms with Crippen LogP contribution in [0.25, 0.3) is 0 Å². The standard InChI is InChI=1S/C12H20N2O4S/c1-9(2)6-10(12(15)16)7-13-19(17,18)11-4-5-14(3)8-11/h4-5,8-10,13H,6-7H2,1-3H3,(H,15,16). The number of aryl methyl sites for hydroxylation is 1. The van der Waals surface area contributed by atoms with E-state index in [2.05, 4.69) is 4.72 Å². The monoisotopic (exact) mass is 288 g/mol. The number of carbonyl (C=O) groups is 1. The first-order valence-electron chi connectivity index (χ1n) is 6.07. The van der Waals surface area contributed by atoms with E-state index in [4.69, 9.17) is 5.11 Å². The van der Waals surface area contributed by atoms with Crippen molar-refractivity contribution in [3.8, 4) is 0 Å². The normalized spacial score (nSPS) is 13.7. The largest absolute Gasteiger partial charge is 0.481 e. The van der Waals surface area contributed by atoms with E-state index in [0.29, 0.717) is 6.42 Å². The Hall–Kier alpha value is -1.34. The Bertz CT molecular complexity index is 534. The van der Waals surface area contributed by atoms with Crippen LogP contribution < -0.4 is 4.72 Å². The fraction of sp³-hybridized carbons (Fsp3) is 0.583. The molecule has 0 saturated heterocycles. The molecule has 6 nitrogen and oxygen atoms in total. The molecule has 1 rings (SSSR count). The van der Waals surface area contributed by atoms with Crippen LogP contribution in [0.1, 0.15) is 20.3 Å². The average Bonchev–Trinajstić information content (AvgIpc) is 2.71. The number of carboxylic acids is 1. The second kappa shape index (κ2) is 6.21. The van der Waals surface area contributed by atoms with Crippen molar-refractivity contribution in [1.82, 2.24) is 9.29 Å². The zero-order valence-corrected chi connectivity index (χ0v) is 12.1. The second-order valence-corrected chi connectivity index (χ2v) is 6.80. The van der Waals surface area contributed by atoms with Gasteiger partial charge in [0.25, 0.3) is 0 Å². The summed E-state index contributed by atoms with van der Waals surface area (Å²) in [5.74, 6) is -1.50. The van der Waals surface area contributed by atoms with E-state index in [0.717, 1.165) is 0 Å². The van der Waals surface area contributed by atoms with Gasteiger partial charge in [0.1, 0.15) is 0 Å². The fourth-order valence-corrected chi connectivity index (χ4v) is 2.90. The molecule has 108 valence electrons. The summed E-state index contributed by atoms with van der Waals surface area (Å²) in [7, 11) is -1.92. The van der Waals surface area contributed by atoms with Crippen molar-refractivity contribution in [2.24, 2.45) is 18.9 Å². The molecule has 2 N–H and O–H groups in total. The third-order valence-corrected chi connectivity index (χ3v) is 4.15. The van der Waals surface area contributed by atoms with Gasteiger partial charge in [-0.25, -0.2) is 13.1 Å². The van der Waals surface area contributed by atoms with Crippen molar-refractivity contribution >= 4 is 16.0 Å². The number of nitrogens with one attached hydrogen (secondary N) is 1. The van der Waals surface area contributed by atoms with Gasteiger partial charge in [0.15, 0.2) is 0 Å². The molecule has 7 heteroatoms. The van der Waals surface area contributed by atoms with Gasteiger partial charge in [0.05, 0.1) is 10.8 Å². The molecular formula is C12H20N2O4S. The highest BCUT2D eigenvalue weighted by molar-refractivity contribution is 7.89. The number of carboxylic acid groups (broad SMARTS) is 1. The lowest BCUT2D eigenvalue weighted by molar-refractivity contribution is -0.142. The van der Waals surface area contributed by atoms with Crippen LogP contribution >= 0.6 is 0 Å². The quantitative estimate of drug-likeness (QED) is 0.785. The van der Waals surface area contributed by atoms with Gasteiger partial charge >= 0.3 is 5.97 Å². The molecule has 1 atom stereocenters. The van der Waals surface area contributed by atoms with Gasteiger partial charge in [-0.2, -0.15) is 0 Å². The molecule has 1 aromatic heterocycles. The summed E-state index contributed by atoms with van der Waals surface area (Å²) >= 11 is 0. The van der Waals surface area contributed by atoms with E-state index in [1.54, 1.807) is 17.8 Å². The zero-order valence-electron chi connectivity index (χ0n) is 11.3. The molecule has 0 aromatic carbocycles. The number of sulfonamides is 1. The number of aliphatic carboxylic acids is 1. The van der Waals surface area contributed by atoms with E-state index >= 15 is 0 Å². The Labute approximate surface area is 113 Å². The molecule has 0 amide bonds. The van der Waals surface area contributed by atoms with E-state index in [1.807, 2.05) is 13.8 Å². The predicted molar refractivity (Wildman–Crippen MR) is 71.2 cm³/mol. The second-order valence-electron chi connectivity index (χ2n) is 5.03. The smallest absolute Gasteiger partial charge is 0.307 e. The van der Waals surface area contributed by atoms with Crippen LogP contribution in [0.15, 0.2) is 23.4 Å². The molecule has 0 bridgehead atoms. The minimum atomic E-state index is -3.64. The van der Waals surface area contributed by atoms with Crippen molar-refractivity contribution in [3.63, 3.8) is 0 Å². The average molecular weight is 288 g/mol. The van der Waals surface area contributed by atoms with Crippen LogP contribution in [0.4, 0.5) is 0 Å². The lowest BCUT2D eigenvalue weighted by Gasteiger charge is -2.15. The molecule has 0 saturated carbocycles. The van der Waals surface area contributed by atoms with Crippen molar-refractivity contribution < 1.29 is 18.3 Å². The molecule has 0 spiro atoms. The van der Waals surface area contributed by atoms with Crippen LogP contribution in [0, 0.1) is 11.8 Å². The number of hydrogen-bond donors (Lipinski definition) is 2. The maximum atomic E-state index is 11.9. The Kier molecular flexibility index (Phi) is 5.13. The Morgan fingerprint density at radius 1 is 1.47 bits per heavy atom. The Morgan fingerprint density at radius 2 is 2.11 bits per heavy atom. The van der Waals surface area contributed by atoms with Crippen molar-refractivity contribution in [1.29, 1.82) is 0 Å². The summed E-state index contributed by atoms with van der Waals surface area (Å²) in [5, 5.41) is 9.05. The highest BCUT2D eigenvalue weighted by Crippen LogP contribution is 2.13. The molecule has 0 aliphatic heterocycles. The summed E-state index contributed by atoms with van der Waals surface area (Å²) < 4.78 is 27.9. The van der Waals surface area contributed by atoms with Gasteiger partial charge in [-0.15, -0.1) is 0 Å². The van der Waals surface area contributed by atoms with Crippen molar-refractivity contribution in [3.05, 3.63) is 18.5 Å². The highest BCUT2D eigenvalue weighted by atomic mass is 32.2. The summed E-state index contributed by atoms with van der Waals surface area (Å²) in [5.41, 5.74) is 0. The van der Waals surface area contributed by atoms with Gasteiger partial charge in [0.2, 0.25) is 10.0 Å². The number of aromatic nitrogens is 1. The van der Waals surface area contributed by atoms with Crippen LogP contribution in [0.5, 0.6) is 0 Å². The van der Waals surface area contributed by atoms with Gasteiger partial charge in [-0.3, -0.25) is 4.79 Å². The summed E-state index contributed by atoms with van der Waals surface area (Å²) in [6.07, 6.45) is 3.53. The SMILES string of the molecule is CC(C)CC(CNS(=O)(=O)c1ccn(C)c1)C(=O)O. The van der Waals surface area contributed by atoms with E-state index in [-0.39, 0.29) is 17.4 Å². The van der Waals surface area contributed by atoms with Crippen molar-refractivity contribution in [2.45, 2.75) is 25.2 Å². The molecular weight excluding hydrogens is 268 g/mol. The summed E-state index contributed by atoms with van der Waals surface area (Å²) in [4.78, 5) is 11.2. The molecule has 1 aromatic rings. The first-order chi connectivity index (χ1) is 8.72. The minimum absolute atomic E-state index is 0.0925. The number of rotatable bonds is 7. The first kappa shape index (κ1) is 15.7. The molecule has 1 heterocycles. The van der Waals surface area contributed by atoms with Gasteiger partial charge in [0, 0.05) is 26.0 Å².